The highest BCUT2D eigenvalue weighted by atomic mass is 16.5. The largest absolute Gasteiger partial charge is 0.466 e. The first-order valence-corrected chi connectivity index (χ1v) is 6.37. The Hall–Kier alpha value is -1.54. The van der Waals surface area contributed by atoms with E-state index < -0.39 is 0 Å². The molecule has 100 valence electrons. The number of esters is 1. The van der Waals surface area contributed by atoms with Crippen molar-refractivity contribution in [3.8, 4) is 12.3 Å². The first-order valence-electron chi connectivity index (χ1n) is 6.37. The van der Waals surface area contributed by atoms with E-state index in [1.807, 2.05) is 0 Å². The summed E-state index contributed by atoms with van der Waals surface area (Å²) in [6.07, 6.45) is 6.87. The number of hydrogen-bond donors (Lipinski definition) is 2. The first-order chi connectivity index (χ1) is 8.67. The van der Waals surface area contributed by atoms with Gasteiger partial charge in [0.25, 0.3) is 5.91 Å². The smallest absolute Gasteiger partial charge is 0.314 e. The fourth-order valence-electron chi connectivity index (χ4n) is 2.21. The third-order valence-corrected chi connectivity index (χ3v) is 3.04. The summed E-state index contributed by atoms with van der Waals surface area (Å²) in [6, 6.07) is 0. The van der Waals surface area contributed by atoms with E-state index in [9.17, 15) is 9.59 Å². The average Bonchev–Trinajstić information content (AvgIpc) is 2.37. The van der Waals surface area contributed by atoms with Crippen LogP contribution in [0.15, 0.2) is 0 Å². The second kappa shape index (κ2) is 7.72. The number of carbonyl (C=O) groups is 2. The monoisotopic (exact) mass is 253 g/mol. The Labute approximate surface area is 108 Å². The highest BCUT2D eigenvalue weighted by Crippen LogP contribution is 2.09. The molecule has 5 nitrogen and oxygen atoms in total. The summed E-state index contributed by atoms with van der Waals surface area (Å²) >= 11 is 0. The number of terminal acetylenes is 1. The molecule has 0 aromatic carbocycles. The van der Waals surface area contributed by atoms with E-state index in [2.05, 4.69) is 11.2 Å². The SMILES string of the molecule is C#CCNC(=O)C[NH+]1CCC[C@@H](C(=O)OCC)C1. The van der Waals surface area contributed by atoms with Crippen LogP contribution in [-0.4, -0.2) is 44.7 Å². The Morgan fingerprint density at radius 2 is 2.33 bits per heavy atom. The van der Waals surface area contributed by atoms with Gasteiger partial charge in [0.1, 0.15) is 5.92 Å². The first kappa shape index (κ1) is 14.5. The van der Waals surface area contributed by atoms with Crippen LogP contribution >= 0.6 is 0 Å². The molecule has 0 bridgehead atoms. The van der Waals surface area contributed by atoms with Crippen LogP contribution in [0.2, 0.25) is 0 Å². The molecule has 1 heterocycles. The number of amides is 1. The summed E-state index contributed by atoms with van der Waals surface area (Å²) in [4.78, 5) is 24.3. The Morgan fingerprint density at radius 1 is 1.56 bits per heavy atom. The zero-order valence-electron chi connectivity index (χ0n) is 10.8. The Bertz CT molecular complexity index is 336. The molecule has 5 heteroatoms. The molecule has 2 N–H and O–H groups in total. The van der Waals surface area contributed by atoms with Crippen LogP contribution in [0, 0.1) is 18.3 Å². The molecule has 1 fully saturated rings. The van der Waals surface area contributed by atoms with Gasteiger partial charge < -0.3 is 15.0 Å². The van der Waals surface area contributed by atoms with Gasteiger partial charge in [0.05, 0.1) is 26.2 Å². The summed E-state index contributed by atoms with van der Waals surface area (Å²) in [7, 11) is 0. The maximum absolute atomic E-state index is 11.6. The van der Waals surface area contributed by atoms with Gasteiger partial charge >= 0.3 is 5.97 Å². The molecule has 0 spiro atoms. The van der Waals surface area contributed by atoms with E-state index in [1.165, 1.54) is 0 Å². The van der Waals surface area contributed by atoms with Crippen molar-refractivity contribution >= 4 is 11.9 Å². The van der Waals surface area contributed by atoms with Gasteiger partial charge in [-0.2, -0.15) is 0 Å². The highest BCUT2D eigenvalue weighted by Gasteiger charge is 2.30. The van der Waals surface area contributed by atoms with Crippen LogP contribution in [0.3, 0.4) is 0 Å². The van der Waals surface area contributed by atoms with Crippen LogP contribution in [0.4, 0.5) is 0 Å². The van der Waals surface area contributed by atoms with Gasteiger partial charge in [0.15, 0.2) is 6.54 Å². The van der Waals surface area contributed by atoms with E-state index in [0.717, 1.165) is 24.3 Å². The maximum Gasteiger partial charge on any atom is 0.314 e. The lowest BCUT2D eigenvalue weighted by molar-refractivity contribution is -0.899. The van der Waals surface area contributed by atoms with E-state index >= 15 is 0 Å². The van der Waals surface area contributed by atoms with Crippen molar-refractivity contribution in [1.29, 1.82) is 0 Å². The molecule has 0 saturated carbocycles. The Kier molecular flexibility index (Phi) is 6.23. The van der Waals surface area contributed by atoms with Gasteiger partial charge in [0.2, 0.25) is 0 Å². The minimum absolute atomic E-state index is 0.0625. The predicted molar refractivity (Wildman–Crippen MR) is 66.8 cm³/mol. The minimum Gasteiger partial charge on any atom is -0.466 e. The van der Waals surface area contributed by atoms with Crippen molar-refractivity contribution in [2.24, 2.45) is 5.92 Å². The van der Waals surface area contributed by atoms with Crippen molar-refractivity contribution in [2.45, 2.75) is 19.8 Å². The number of nitrogens with one attached hydrogen (secondary N) is 2. The van der Waals surface area contributed by atoms with Crippen molar-refractivity contribution in [1.82, 2.24) is 5.32 Å². The lowest BCUT2D eigenvalue weighted by Crippen LogP contribution is -3.14. The van der Waals surface area contributed by atoms with Crippen LogP contribution in [0.1, 0.15) is 19.8 Å². The normalized spacial score (nSPS) is 22.9. The van der Waals surface area contributed by atoms with Crippen molar-refractivity contribution < 1.29 is 19.2 Å². The lowest BCUT2D eigenvalue weighted by atomic mass is 9.98. The molecule has 1 amide bonds. The van der Waals surface area contributed by atoms with Crippen molar-refractivity contribution in [3.05, 3.63) is 0 Å². The van der Waals surface area contributed by atoms with Crippen LogP contribution in [-0.2, 0) is 14.3 Å². The van der Waals surface area contributed by atoms with Gasteiger partial charge in [-0.05, 0) is 19.8 Å². The number of quaternary nitrogens is 1. The summed E-state index contributed by atoms with van der Waals surface area (Å²) in [5.41, 5.74) is 0. The molecular weight excluding hydrogens is 232 g/mol. The second-order valence-corrected chi connectivity index (χ2v) is 4.45. The van der Waals surface area contributed by atoms with E-state index in [-0.39, 0.29) is 24.3 Å². The Balaban J connectivity index is 2.37. The molecule has 1 saturated heterocycles. The number of piperidine rings is 1. The van der Waals surface area contributed by atoms with Gasteiger partial charge in [-0.25, -0.2) is 0 Å². The summed E-state index contributed by atoms with van der Waals surface area (Å²) in [5.74, 6) is 2.09. The highest BCUT2D eigenvalue weighted by molar-refractivity contribution is 5.77. The molecule has 1 aliphatic heterocycles. The van der Waals surface area contributed by atoms with Gasteiger partial charge in [-0.15, -0.1) is 6.42 Å². The number of ether oxygens (including phenoxy) is 1. The van der Waals surface area contributed by atoms with Crippen LogP contribution in [0.25, 0.3) is 0 Å². The average molecular weight is 253 g/mol. The van der Waals surface area contributed by atoms with E-state index in [0.29, 0.717) is 19.7 Å². The molecule has 0 aromatic rings. The molecule has 2 atom stereocenters. The Morgan fingerprint density at radius 3 is 3.00 bits per heavy atom. The molecule has 1 unspecified atom stereocenters. The second-order valence-electron chi connectivity index (χ2n) is 4.45. The standard InChI is InChI=1S/C13H20N2O3/c1-3-7-14-12(16)10-15-8-5-6-11(9-15)13(17)18-4-2/h1,11H,4-10H2,2H3,(H,14,16)/p+1/t11-/m1/s1. The minimum atomic E-state index is -0.140. The number of hydrogen-bond acceptors (Lipinski definition) is 3. The third-order valence-electron chi connectivity index (χ3n) is 3.04. The lowest BCUT2D eigenvalue weighted by Gasteiger charge is -2.28. The van der Waals surface area contributed by atoms with Gasteiger partial charge in [-0.1, -0.05) is 5.92 Å². The molecule has 1 rings (SSSR count). The number of carbonyl (C=O) groups excluding carboxylic acids is 2. The molecule has 1 aliphatic rings. The molecule has 0 radical (unpaired) electrons. The van der Waals surface area contributed by atoms with Crippen LogP contribution < -0.4 is 10.2 Å². The molecule has 18 heavy (non-hydrogen) atoms. The molecule has 0 aromatic heterocycles. The number of likely N-dealkylation sites (tertiary alicyclic amines) is 1. The van der Waals surface area contributed by atoms with E-state index in [1.54, 1.807) is 6.92 Å². The predicted octanol–water partition coefficient (Wildman–Crippen LogP) is -1.41. The molecule has 0 aliphatic carbocycles. The zero-order chi connectivity index (χ0) is 13.4. The third kappa shape index (κ3) is 4.76. The topological polar surface area (TPSA) is 59.8 Å². The summed E-state index contributed by atoms with van der Waals surface area (Å²) < 4.78 is 5.02. The summed E-state index contributed by atoms with van der Waals surface area (Å²) in [6.45, 7) is 4.43. The number of rotatable bonds is 5. The quantitative estimate of drug-likeness (QED) is 0.468. The maximum atomic E-state index is 11.6. The zero-order valence-corrected chi connectivity index (χ0v) is 10.8. The van der Waals surface area contributed by atoms with Crippen molar-refractivity contribution in [2.75, 3.05) is 32.8 Å². The van der Waals surface area contributed by atoms with Crippen molar-refractivity contribution in [3.63, 3.8) is 0 Å². The fourth-order valence-corrected chi connectivity index (χ4v) is 2.21. The fraction of sp³-hybridized carbons (Fsp3) is 0.692. The van der Waals surface area contributed by atoms with Crippen LogP contribution in [0.5, 0.6) is 0 Å². The summed E-state index contributed by atoms with van der Waals surface area (Å²) in [5, 5.41) is 2.64. The molecular formula is C13H21N2O3+. The van der Waals surface area contributed by atoms with Gasteiger partial charge in [0, 0.05) is 0 Å². The van der Waals surface area contributed by atoms with E-state index in [4.69, 9.17) is 11.2 Å². The van der Waals surface area contributed by atoms with Gasteiger partial charge in [-0.3, -0.25) is 9.59 Å².